The van der Waals surface area contributed by atoms with Crippen molar-refractivity contribution >= 4 is 11.4 Å². The summed E-state index contributed by atoms with van der Waals surface area (Å²) in [6.45, 7) is 6.00. The number of benzene rings is 1. The van der Waals surface area contributed by atoms with Gasteiger partial charge >= 0.3 is 6.18 Å². The molecular formula is C13H15F3N+. The molecule has 0 saturated heterocycles. The first-order valence-corrected chi connectivity index (χ1v) is 5.45. The van der Waals surface area contributed by atoms with Crippen LogP contribution in [0.5, 0.6) is 0 Å². The zero-order valence-electron chi connectivity index (χ0n) is 10.3. The van der Waals surface area contributed by atoms with Crippen LogP contribution in [0.15, 0.2) is 18.2 Å². The molecular weight excluding hydrogens is 227 g/mol. The third kappa shape index (κ3) is 1.66. The zero-order chi connectivity index (χ0) is 13.0. The van der Waals surface area contributed by atoms with Crippen LogP contribution < -0.4 is 0 Å². The molecule has 0 N–H and O–H groups in total. The van der Waals surface area contributed by atoms with E-state index in [1.807, 2.05) is 32.4 Å². The Balaban J connectivity index is 2.65. The highest BCUT2D eigenvalue weighted by molar-refractivity contribution is 5.93. The molecule has 0 bridgehead atoms. The molecule has 0 aromatic heterocycles. The van der Waals surface area contributed by atoms with Gasteiger partial charge in [0, 0.05) is 18.6 Å². The summed E-state index contributed by atoms with van der Waals surface area (Å²) in [6.07, 6.45) is -4.28. The lowest BCUT2D eigenvalue weighted by molar-refractivity contribution is -0.403. The fraction of sp³-hybridized carbons (Fsp3) is 0.462. The van der Waals surface area contributed by atoms with Crippen molar-refractivity contribution in [3.05, 3.63) is 29.3 Å². The van der Waals surface area contributed by atoms with Crippen molar-refractivity contribution in [3.8, 4) is 0 Å². The minimum Gasteiger partial charge on any atom is -0.202 e. The number of hydrogen-bond donors (Lipinski definition) is 0. The lowest BCUT2D eigenvalue weighted by Gasteiger charge is -2.15. The summed E-state index contributed by atoms with van der Waals surface area (Å²) >= 11 is 0. The normalized spacial score (nSPS) is 18.5. The van der Waals surface area contributed by atoms with Crippen LogP contribution in [0.25, 0.3) is 0 Å². The third-order valence-electron chi connectivity index (χ3n) is 3.77. The van der Waals surface area contributed by atoms with Crippen LogP contribution in [-0.4, -0.2) is 17.3 Å². The number of halogens is 3. The standard InChI is InChI=1S/C13H15F3N/c1-8-12(2,3)10-6-5-9(13(14,15)16)7-11(10)17(8)4/h5-7H,1-4H3/q+1. The Labute approximate surface area is 98.6 Å². The summed E-state index contributed by atoms with van der Waals surface area (Å²) < 4.78 is 39.8. The van der Waals surface area contributed by atoms with Crippen LogP contribution in [-0.2, 0) is 11.6 Å². The number of nitrogens with zero attached hydrogens (tertiary/aromatic N) is 1. The highest BCUT2D eigenvalue weighted by atomic mass is 19.4. The Bertz CT molecular complexity index is 510. The van der Waals surface area contributed by atoms with Gasteiger partial charge < -0.3 is 0 Å². The minimum absolute atomic E-state index is 0.200. The molecule has 0 atom stereocenters. The van der Waals surface area contributed by atoms with Crippen molar-refractivity contribution in [3.63, 3.8) is 0 Å². The zero-order valence-corrected chi connectivity index (χ0v) is 10.3. The topological polar surface area (TPSA) is 3.01 Å². The van der Waals surface area contributed by atoms with Crippen molar-refractivity contribution in [2.75, 3.05) is 7.05 Å². The highest BCUT2D eigenvalue weighted by Crippen LogP contribution is 2.41. The van der Waals surface area contributed by atoms with E-state index in [-0.39, 0.29) is 5.41 Å². The van der Waals surface area contributed by atoms with Crippen molar-refractivity contribution in [1.82, 2.24) is 0 Å². The van der Waals surface area contributed by atoms with E-state index in [1.165, 1.54) is 6.07 Å². The van der Waals surface area contributed by atoms with E-state index in [0.29, 0.717) is 5.69 Å². The monoisotopic (exact) mass is 242 g/mol. The lowest BCUT2D eigenvalue weighted by Crippen LogP contribution is -2.25. The van der Waals surface area contributed by atoms with Gasteiger partial charge in [-0.3, -0.25) is 0 Å². The molecule has 1 aliphatic heterocycles. The summed E-state index contributed by atoms with van der Waals surface area (Å²) in [7, 11) is 1.81. The second-order valence-corrected chi connectivity index (χ2v) is 5.00. The number of alkyl halides is 3. The van der Waals surface area contributed by atoms with Gasteiger partial charge in [0.05, 0.1) is 11.0 Å². The predicted molar refractivity (Wildman–Crippen MR) is 61.0 cm³/mol. The fourth-order valence-corrected chi connectivity index (χ4v) is 2.31. The van der Waals surface area contributed by atoms with Crippen LogP contribution in [0.4, 0.5) is 18.9 Å². The molecule has 0 unspecified atom stereocenters. The summed E-state index contributed by atoms with van der Waals surface area (Å²) in [5.41, 5.74) is 1.88. The van der Waals surface area contributed by atoms with Gasteiger partial charge in [-0.15, -0.1) is 0 Å². The first-order chi connectivity index (χ1) is 7.65. The molecule has 0 radical (unpaired) electrons. The average molecular weight is 242 g/mol. The Morgan fingerprint density at radius 3 is 2.29 bits per heavy atom. The van der Waals surface area contributed by atoms with E-state index < -0.39 is 11.7 Å². The van der Waals surface area contributed by atoms with Crippen LogP contribution in [0.3, 0.4) is 0 Å². The second-order valence-electron chi connectivity index (χ2n) is 5.00. The Hall–Kier alpha value is -1.32. The van der Waals surface area contributed by atoms with Crippen molar-refractivity contribution in [2.24, 2.45) is 0 Å². The molecule has 0 spiro atoms. The van der Waals surface area contributed by atoms with E-state index >= 15 is 0 Å². The quantitative estimate of drug-likeness (QED) is 0.610. The van der Waals surface area contributed by atoms with E-state index in [1.54, 1.807) is 6.07 Å². The van der Waals surface area contributed by atoms with Crippen LogP contribution in [0.2, 0.25) is 0 Å². The van der Waals surface area contributed by atoms with Crippen LogP contribution >= 0.6 is 0 Å². The number of rotatable bonds is 0. The number of fused-ring (bicyclic) bond motifs is 1. The van der Waals surface area contributed by atoms with Crippen LogP contribution in [0, 0.1) is 0 Å². The average Bonchev–Trinajstić information content (AvgIpc) is 2.39. The van der Waals surface area contributed by atoms with Gasteiger partial charge in [0.1, 0.15) is 7.05 Å². The van der Waals surface area contributed by atoms with E-state index in [4.69, 9.17) is 0 Å². The third-order valence-corrected chi connectivity index (χ3v) is 3.77. The summed E-state index contributed by atoms with van der Waals surface area (Å²) in [5.74, 6) is 0. The maximum atomic E-state index is 12.6. The molecule has 4 heteroatoms. The molecule has 1 heterocycles. The Kier molecular flexibility index (Phi) is 2.39. The van der Waals surface area contributed by atoms with Gasteiger partial charge in [-0.25, -0.2) is 4.58 Å². The molecule has 1 aromatic carbocycles. The first kappa shape index (κ1) is 12.1. The maximum absolute atomic E-state index is 12.6. The lowest BCUT2D eigenvalue weighted by atomic mass is 9.82. The summed E-state index contributed by atoms with van der Waals surface area (Å²) in [5, 5.41) is 0. The second kappa shape index (κ2) is 3.34. The van der Waals surface area contributed by atoms with Crippen molar-refractivity contribution in [1.29, 1.82) is 0 Å². The molecule has 2 rings (SSSR count). The molecule has 1 aliphatic rings. The molecule has 0 fully saturated rings. The van der Waals surface area contributed by atoms with Gasteiger partial charge in [-0.05, 0) is 19.9 Å². The molecule has 0 aliphatic carbocycles. The fourth-order valence-electron chi connectivity index (χ4n) is 2.31. The first-order valence-electron chi connectivity index (χ1n) is 5.45. The summed E-state index contributed by atoms with van der Waals surface area (Å²) in [6, 6.07) is 3.98. The van der Waals surface area contributed by atoms with E-state index in [0.717, 1.165) is 17.3 Å². The van der Waals surface area contributed by atoms with E-state index in [2.05, 4.69) is 0 Å². The molecule has 1 nitrogen and oxygen atoms in total. The van der Waals surface area contributed by atoms with Gasteiger partial charge in [-0.2, -0.15) is 13.2 Å². The van der Waals surface area contributed by atoms with Crippen LogP contribution in [0.1, 0.15) is 31.9 Å². The molecule has 0 saturated carbocycles. The number of hydrogen-bond acceptors (Lipinski definition) is 0. The van der Waals surface area contributed by atoms with Crippen molar-refractivity contribution in [2.45, 2.75) is 32.4 Å². The predicted octanol–water partition coefficient (Wildman–Crippen LogP) is 3.73. The Morgan fingerprint density at radius 1 is 1.18 bits per heavy atom. The molecule has 0 amide bonds. The largest absolute Gasteiger partial charge is 0.416 e. The minimum atomic E-state index is -4.28. The molecule has 92 valence electrons. The Morgan fingerprint density at radius 2 is 1.76 bits per heavy atom. The smallest absolute Gasteiger partial charge is 0.202 e. The van der Waals surface area contributed by atoms with E-state index in [9.17, 15) is 13.2 Å². The SMILES string of the molecule is CC1=[N+](C)c2cc(C(F)(F)F)ccc2C1(C)C. The van der Waals surface area contributed by atoms with Crippen molar-refractivity contribution < 1.29 is 17.7 Å². The van der Waals surface area contributed by atoms with Gasteiger partial charge in [0.25, 0.3) is 0 Å². The maximum Gasteiger partial charge on any atom is 0.416 e. The van der Waals surface area contributed by atoms with Gasteiger partial charge in [-0.1, -0.05) is 6.07 Å². The van der Waals surface area contributed by atoms with Gasteiger partial charge in [0.15, 0.2) is 5.71 Å². The van der Waals surface area contributed by atoms with Gasteiger partial charge in [0.2, 0.25) is 5.69 Å². The molecule has 17 heavy (non-hydrogen) atoms. The highest BCUT2D eigenvalue weighted by Gasteiger charge is 2.43. The summed E-state index contributed by atoms with van der Waals surface area (Å²) in [4.78, 5) is 0. The molecule has 1 aromatic rings.